The standard InChI is InChI=1S/C2H6N4O4/c3-1-2(4,5(7)8)6(9)10/h1,3-4H2. The smallest absolute Gasteiger partial charge is 0.316 e. The van der Waals surface area contributed by atoms with Gasteiger partial charge in [0.05, 0.1) is 0 Å². The van der Waals surface area contributed by atoms with Gasteiger partial charge in [0.15, 0.2) is 6.54 Å². The highest BCUT2D eigenvalue weighted by Gasteiger charge is 2.50. The van der Waals surface area contributed by atoms with E-state index < -0.39 is 22.2 Å². The van der Waals surface area contributed by atoms with Crippen LogP contribution < -0.4 is 11.5 Å². The predicted octanol–water partition coefficient (Wildman–Crippen LogP) is -1.89. The van der Waals surface area contributed by atoms with Gasteiger partial charge in [0.25, 0.3) is 0 Å². The molecule has 10 heavy (non-hydrogen) atoms. The fourth-order valence-electron chi connectivity index (χ4n) is 0.216. The Bertz CT molecular complexity index is 153. The van der Waals surface area contributed by atoms with E-state index in [0.29, 0.717) is 0 Å². The van der Waals surface area contributed by atoms with Gasteiger partial charge in [0, 0.05) is 0 Å². The monoisotopic (exact) mass is 150 g/mol. The third-order valence-corrected chi connectivity index (χ3v) is 0.933. The van der Waals surface area contributed by atoms with Crippen molar-refractivity contribution in [2.75, 3.05) is 6.54 Å². The zero-order valence-corrected chi connectivity index (χ0v) is 4.89. The molecule has 4 N–H and O–H groups in total. The minimum absolute atomic E-state index is 0.826. The molecule has 0 radical (unpaired) electrons. The predicted molar refractivity (Wildman–Crippen MR) is 30.0 cm³/mol. The molecule has 58 valence electrons. The normalized spacial score (nSPS) is 11.0. The molecular formula is C2H6N4O4. The Balaban J connectivity index is 4.55. The van der Waals surface area contributed by atoms with Crippen molar-refractivity contribution >= 4 is 0 Å². The quantitative estimate of drug-likeness (QED) is 0.274. The second-order valence-electron chi connectivity index (χ2n) is 1.60. The van der Waals surface area contributed by atoms with Crippen molar-refractivity contribution in [2.45, 2.75) is 5.79 Å². The average molecular weight is 150 g/mol. The molecule has 0 aliphatic heterocycles. The van der Waals surface area contributed by atoms with Gasteiger partial charge in [-0.2, -0.15) is 5.73 Å². The zero-order chi connectivity index (χ0) is 8.36. The Morgan fingerprint density at radius 3 is 1.60 bits per heavy atom. The summed E-state index contributed by atoms with van der Waals surface area (Å²) in [4.78, 5) is 17.2. The Kier molecular flexibility index (Phi) is 2.21. The van der Waals surface area contributed by atoms with Crippen molar-refractivity contribution < 1.29 is 9.85 Å². The van der Waals surface area contributed by atoms with Crippen LogP contribution in [0.25, 0.3) is 0 Å². The number of nitrogens with two attached hydrogens (primary N) is 2. The molecule has 0 amide bonds. The molecule has 0 saturated heterocycles. The fourth-order valence-corrected chi connectivity index (χ4v) is 0.216. The lowest BCUT2D eigenvalue weighted by atomic mass is 10.4. The lowest BCUT2D eigenvalue weighted by Gasteiger charge is -2.07. The van der Waals surface area contributed by atoms with Gasteiger partial charge >= 0.3 is 5.79 Å². The maximum Gasteiger partial charge on any atom is 0.530 e. The molecule has 0 aromatic heterocycles. The van der Waals surface area contributed by atoms with Crippen molar-refractivity contribution in [3.05, 3.63) is 20.2 Å². The summed E-state index contributed by atoms with van der Waals surface area (Å²) in [5, 5.41) is 19.7. The van der Waals surface area contributed by atoms with E-state index in [0.717, 1.165) is 0 Å². The van der Waals surface area contributed by atoms with Crippen LogP contribution in [0.3, 0.4) is 0 Å². The van der Waals surface area contributed by atoms with E-state index in [1.807, 2.05) is 0 Å². The minimum Gasteiger partial charge on any atom is -0.316 e. The summed E-state index contributed by atoms with van der Waals surface area (Å²) in [5.41, 5.74) is 9.36. The SMILES string of the molecule is NCC(N)([N+](=O)[O-])[N+](=O)[O-]. The maximum absolute atomic E-state index is 9.85. The highest BCUT2D eigenvalue weighted by atomic mass is 16.7. The van der Waals surface area contributed by atoms with Crippen LogP contribution in [0, 0.1) is 20.2 Å². The molecular weight excluding hydrogens is 144 g/mol. The Labute approximate surface area is 55.1 Å². The number of nitro groups is 2. The first-order valence-electron chi connectivity index (χ1n) is 2.23. The van der Waals surface area contributed by atoms with Crippen LogP contribution in [0.4, 0.5) is 0 Å². The summed E-state index contributed by atoms with van der Waals surface area (Å²) in [7, 11) is 0. The zero-order valence-electron chi connectivity index (χ0n) is 4.89. The first-order valence-corrected chi connectivity index (χ1v) is 2.23. The summed E-state index contributed by atoms with van der Waals surface area (Å²) in [6, 6.07) is 0. The van der Waals surface area contributed by atoms with Crippen LogP contribution in [-0.4, -0.2) is 22.2 Å². The molecule has 0 heterocycles. The van der Waals surface area contributed by atoms with E-state index in [1.54, 1.807) is 0 Å². The van der Waals surface area contributed by atoms with Gasteiger partial charge in [-0.3, -0.25) is 20.2 Å². The molecule has 0 unspecified atom stereocenters. The fraction of sp³-hybridized carbons (Fsp3) is 1.00. The summed E-state index contributed by atoms with van der Waals surface area (Å²) >= 11 is 0. The molecule has 0 spiro atoms. The molecule has 0 aromatic carbocycles. The first kappa shape index (κ1) is 8.72. The molecule has 8 heteroatoms. The van der Waals surface area contributed by atoms with Gasteiger partial charge in [-0.25, -0.2) is 0 Å². The van der Waals surface area contributed by atoms with E-state index >= 15 is 0 Å². The summed E-state index contributed by atoms with van der Waals surface area (Å²) in [5.74, 6) is -2.74. The molecule has 0 aromatic rings. The van der Waals surface area contributed by atoms with Crippen molar-refractivity contribution in [2.24, 2.45) is 11.5 Å². The third kappa shape index (κ3) is 1.17. The van der Waals surface area contributed by atoms with E-state index in [-0.39, 0.29) is 0 Å². The van der Waals surface area contributed by atoms with Crippen LogP contribution in [0.2, 0.25) is 0 Å². The lowest BCUT2D eigenvalue weighted by Crippen LogP contribution is -2.59. The average Bonchev–Trinajstić information content (AvgIpc) is 1.85. The molecule has 0 fully saturated rings. The van der Waals surface area contributed by atoms with Gasteiger partial charge in [0.1, 0.15) is 9.85 Å². The molecule has 0 rings (SSSR count). The topological polar surface area (TPSA) is 138 Å². The summed E-state index contributed by atoms with van der Waals surface area (Å²) < 4.78 is 0. The van der Waals surface area contributed by atoms with E-state index in [1.165, 1.54) is 0 Å². The van der Waals surface area contributed by atoms with Crippen LogP contribution in [-0.2, 0) is 0 Å². The number of rotatable bonds is 3. The Hall–Kier alpha value is -1.28. The second kappa shape index (κ2) is 2.54. The molecule has 0 bridgehead atoms. The van der Waals surface area contributed by atoms with Gasteiger partial charge in [-0.05, 0) is 0 Å². The van der Waals surface area contributed by atoms with E-state index in [9.17, 15) is 20.2 Å². The molecule has 0 saturated carbocycles. The highest BCUT2D eigenvalue weighted by molar-refractivity contribution is 4.56. The Morgan fingerprint density at radius 2 is 1.60 bits per heavy atom. The van der Waals surface area contributed by atoms with Crippen molar-refractivity contribution in [3.8, 4) is 0 Å². The van der Waals surface area contributed by atoms with Crippen molar-refractivity contribution in [1.29, 1.82) is 0 Å². The molecule has 0 aliphatic carbocycles. The second-order valence-corrected chi connectivity index (χ2v) is 1.60. The number of hydrogen-bond acceptors (Lipinski definition) is 6. The largest absolute Gasteiger partial charge is 0.530 e. The Morgan fingerprint density at radius 1 is 1.30 bits per heavy atom. The third-order valence-electron chi connectivity index (χ3n) is 0.933. The van der Waals surface area contributed by atoms with E-state index in [2.05, 4.69) is 5.73 Å². The van der Waals surface area contributed by atoms with Gasteiger partial charge in [0.2, 0.25) is 0 Å². The highest BCUT2D eigenvalue weighted by Crippen LogP contribution is 1.98. The van der Waals surface area contributed by atoms with Crippen LogP contribution in [0.1, 0.15) is 0 Å². The van der Waals surface area contributed by atoms with Gasteiger partial charge in [-0.15, -0.1) is 0 Å². The van der Waals surface area contributed by atoms with Crippen molar-refractivity contribution in [1.82, 2.24) is 0 Å². The van der Waals surface area contributed by atoms with Crippen molar-refractivity contribution in [3.63, 3.8) is 0 Å². The summed E-state index contributed by atoms with van der Waals surface area (Å²) in [6.45, 7) is -0.826. The molecule has 0 atom stereocenters. The van der Waals surface area contributed by atoms with E-state index in [4.69, 9.17) is 5.73 Å². The number of hydrogen-bond donors (Lipinski definition) is 2. The summed E-state index contributed by atoms with van der Waals surface area (Å²) in [6.07, 6.45) is 0. The van der Waals surface area contributed by atoms with Crippen LogP contribution in [0.15, 0.2) is 0 Å². The molecule has 8 nitrogen and oxygen atoms in total. The van der Waals surface area contributed by atoms with Crippen LogP contribution >= 0.6 is 0 Å². The van der Waals surface area contributed by atoms with Gasteiger partial charge < -0.3 is 5.73 Å². The van der Waals surface area contributed by atoms with Crippen LogP contribution in [0.5, 0.6) is 0 Å². The molecule has 0 aliphatic rings. The lowest BCUT2D eigenvalue weighted by molar-refractivity contribution is -0.792. The number of nitrogens with zero attached hydrogens (tertiary/aromatic N) is 2. The van der Waals surface area contributed by atoms with Gasteiger partial charge in [-0.1, -0.05) is 0 Å². The maximum atomic E-state index is 9.85. The minimum atomic E-state index is -2.74. The first-order chi connectivity index (χ1) is 4.45.